The molecular formula is C15H32N2O. The number of nitrogens with zero attached hydrogens (tertiary/aromatic N) is 1. The smallest absolute Gasteiger partial charge is 0.0615 e. The molecule has 0 spiro atoms. The molecular weight excluding hydrogens is 224 g/mol. The van der Waals surface area contributed by atoms with Crippen molar-refractivity contribution in [2.75, 3.05) is 33.4 Å². The minimum atomic E-state index is 0.544. The molecule has 1 aliphatic rings. The van der Waals surface area contributed by atoms with E-state index in [1.54, 1.807) is 7.11 Å². The third-order valence-electron chi connectivity index (χ3n) is 3.84. The molecule has 0 aromatic heterocycles. The maximum atomic E-state index is 5.32. The van der Waals surface area contributed by atoms with Gasteiger partial charge >= 0.3 is 0 Å². The Bertz CT molecular complexity index is 193. The third-order valence-corrected chi connectivity index (χ3v) is 3.84. The number of hydrogen-bond donors (Lipinski definition) is 1. The van der Waals surface area contributed by atoms with Crippen LogP contribution in [0.15, 0.2) is 0 Å². The number of likely N-dealkylation sites (tertiary alicyclic amines) is 1. The highest BCUT2D eigenvalue weighted by Gasteiger charge is 2.19. The lowest BCUT2D eigenvalue weighted by molar-refractivity contribution is 0.154. The first-order valence-electron chi connectivity index (χ1n) is 7.77. The molecule has 0 amide bonds. The maximum Gasteiger partial charge on any atom is 0.0615 e. The SMILES string of the molecule is CCCC(COC)NC1CCCN(CCC)CC1. The zero-order valence-electron chi connectivity index (χ0n) is 12.6. The zero-order chi connectivity index (χ0) is 13.2. The van der Waals surface area contributed by atoms with E-state index in [1.807, 2.05) is 0 Å². The molecule has 1 aliphatic heterocycles. The quantitative estimate of drug-likeness (QED) is 0.722. The summed E-state index contributed by atoms with van der Waals surface area (Å²) < 4.78 is 5.32. The maximum absolute atomic E-state index is 5.32. The van der Waals surface area contributed by atoms with E-state index in [2.05, 4.69) is 24.1 Å². The first-order chi connectivity index (χ1) is 8.80. The monoisotopic (exact) mass is 256 g/mol. The van der Waals surface area contributed by atoms with E-state index in [0.29, 0.717) is 12.1 Å². The predicted molar refractivity (Wildman–Crippen MR) is 78.1 cm³/mol. The summed E-state index contributed by atoms with van der Waals surface area (Å²) in [5.74, 6) is 0. The molecule has 0 radical (unpaired) electrons. The van der Waals surface area contributed by atoms with Crippen LogP contribution in [-0.2, 0) is 4.74 Å². The molecule has 1 heterocycles. The molecule has 0 bridgehead atoms. The van der Waals surface area contributed by atoms with E-state index in [1.165, 1.54) is 58.2 Å². The molecule has 1 N–H and O–H groups in total. The molecule has 1 rings (SSSR count). The molecule has 0 aromatic carbocycles. The third kappa shape index (κ3) is 6.17. The molecule has 2 atom stereocenters. The summed E-state index contributed by atoms with van der Waals surface area (Å²) in [6, 6.07) is 1.24. The van der Waals surface area contributed by atoms with Crippen LogP contribution >= 0.6 is 0 Å². The Morgan fingerprint density at radius 1 is 1.22 bits per heavy atom. The molecule has 18 heavy (non-hydrogen) atoms. The van der Waals surface area contributed by atoms with Crippen molar-refractivity contribution in [2.24, 2.45) is 0 Å². The lowest BCUT2D eigenvalue weighted by atomic mass is 10.1. The fourth-order valence-electron chi connectivity index (χ4n) is 2.96. The van der Waals surface area contributed by atoms with Gasteiger partial charge in [-0.2, -0.15) is 0 Å². The number of methoxy groups -OCH3 is 1. The van der Waals surface area contributed by atoms with Crippen LogP contribution in [0, 0.1) is 0 Å². The molecule has 3 heteroatoms. The summed E-state index contributed by atoms with van der Waals surface area (Å²) in [5.41, 5.74) is 0. The minimum Gasteiger partial charge on any atom is -0.383 e. The number of ether oxygens (including phenoxy) is 1. The van der Waals surface area contributed by atoms with Crippen molar-refractivity contribution >= 4 is 0 Å². The van der Waals surface area contributed by atoms with Gasteiger partial charge in [0, 0.05) is 19.2 Å². The highest BCUT2D eigenvalue weighted by atomic mass is 16.5. The highest BCUT2D eigenvalue weighted by Crippen LogP contribution is 2.13. The molecule has 108 valence electrons. The Labute approximate surface area is 113 Å². The Hall–Kier alpha value is -0.120. The van der Waals surface area contributed by atoms with E-state index in [0.717, 1.165) is 6.61 Å². The summed E-state index contributed by atoms with van der Waals surface area (Å²) in [6.07, 6.45) is 7.69. The van der Waals surface area contributed by atoms with Gasteiger partial charge < -0.3 is 15.0 Å². The van der Waals surface area contributed by atoms with E-state index in [-0.39, 0.29) is 0 Å². The molecule has 3 nitrogen and oxygen atoms in total. The van der Waals surface area contributed by atoms with Crippen LogP contribution in [0.1, 0.15) is 52.4 Å². The number of hydrogen-bond acceptors (Lipinski definition) is 3. The van der Waals surface area contributed by atoms with Crippen LogP contribution in [0.3, 0.4) is 0 Å². The van der Waals surface area contributed by atoms with Gasteiger partial charge in [-0.3, -0.25) is 0 Å². The van der Waals surface area contributed by atoms with Gasteiger partial charge in [-0.1, -0.05) is 20.3 Å². The molecule has 2 unspecified atom stereocenters. The van der Waals surface area contributed by atoms with Gasteiger partial charge in [0.2, 0.25) is 0 Å². The lowest BCUT2D eigenvalue weighted by Crippen LogP contribution is -2.41. The van der Waals surface area contributed by atoms with Gasteiger partial charge in [0.25, 0.3) is 0 Å². The van der Waals surface area contributed by atoms with E-state index in [9.17, 15) is 0 Å². The summed E-state index contributed by atoms with van der Waals surface area (Å²) in [4.78, 5) is 2.62. The van der Waals surface area contributed by atoms with Gasteiger partial charge in [-0.05, 0) is 51.7 Å². The Morgan fingerprint density at radius 2 is 2.06 bits per heavy atom. The average molecular weight is 256 g/mol. The van der Waals surface area contributed by atoms with Gasteiger partial charge in [0.15, 0.2) is 0 Å². The lowest BCUT2D eigenvalue weighted by Gasteiger charge is -2.24. The van der Waals surface area contributed by atoms with Crippen molar-refractivity contribution < 1.29 is 4.74 Å². The molecule has 1 saturated heterocycles. The fraction of sp³-hybridized carbons (Fsp3) is 1.00. The standard InChI is InChI=1S/C15H32N2O/c1-4-7-15(13-18-3)16-14-8-6-11-17(10-5-2)12-9-14/h14-16H,4-13H2,1-3H3. The molecule has 0 aromatic rings. The van der Waals surface area contributed by atoms with Crippen molar-refractivity contribution in [3.05, 3.63) is 0 Å². The van der Waals surface area contributed by atoms with E-state index in [4.69, 9.17) is 4.74 Å². The van der Waals surface area contributed by atoms with Crippen molar-refractivity contribution in [1.29, 1.82) is 0 Å². The van der Waals surface area contributed by atoms with E-state index >= 15 is 0 Å². The van der Waals surface area contributed by atoms with Gasteiger partial charge in [-0.25, -0.2) is 0 Å². The van der Waals surface area contributed by atoms with Crippen molar-refractivity contribution in [3.63, 3.8) is 0 Å². The van der Waals surface area contributed by atoms with Gasteiger partial charge in [0.1, 0.15) is 0 Å². The fourth-order valence-corrected chi connectivity index (χ4v) is 2.96. The van der Waals surface area contributed by atoms with Crippen LogP contribution in [0.4, 0.5) is 0 Å². The number of rotatable bonds is 8. The van der Waals surface area contributed by atoms with Crippen molar-refractivity contribution in [2.45, 2.75) is 64.5 Å². The first-order valence-corrected chi connectivity index (χ1v) is 7.77. The zero-order valence-corrected chi connectivity index (χ0v) is 12.6. The number of nitrogens with one attached hydrogen (secondary N) is 1. The van der Waals surface area contributed by atoms with E-state index < -0.39 is 0 Å². The van der Waals surface area contributed by atoms with Gasteiger partial charge in [0.05, 0.1) is 6.61 Å². The molecule has 0 saturated carbocycles. The van der Waals surface area contributed by atoms with Gasteiger partial charge in [-0.15, -0.1) is 0 Å². The van der Waals surface area contributed by atoms with Crippen LogP contribution in [0.25, 0.3) is 0 Å². The Balaban J connectivity index is 2.32. The average Bonchev–Trinajstić information content (AvgIpc) is 2.56. The highest BCUT2D eigenvalue weighted by molar-refractivity contribution is 4.78. The summed E-state index contributed by atoms with van der Waals surface area (Å²) >= 11 is 0. The normalized spacial score (nSPS) is 23.8. The molecule has 0 aliphatic carbocycles. The topological polar surface area (TPSA) is 24.5 Å². The minimum absolute atomic E-state index is 0.544. The van der Waals surface area contributed by atoms with Crippen LogP contribution in [0.2, 0.25) is 0 Å². The summed E-state index contributed by atoms with van der Waals surface area (Å²) in [5, 5.41) is 3.81. The Kier molecular flexibility index (Phi) is 8.64. The van der Waals surface area contributed by atoms with Crippen LogP contribution in [-0.4, -0.2) is 50.3 Å². The van der Waals surface area contributed by atoms with Crippen LogP contribution < -0.4 is 5.32 Å². The second-order valence-electron chi connectivity index (χ2n) is 5.58. The predicted octanol–water partition coefficient (Wildman–Crippen LogP) is 2.66. The van der Waals surface area contributed by atoms with Crippen molar-refractivity contribution in [3.8, 4) is 0 Å². The van der Waals surface area contributed by atoms with Crippen LogP contribution in [0.5, 0.6) is 0 Å². The largest absolute Gasteiger partial charge is 0.383 e. The Morgan fingerprint density at radius 3 is 2.72 bits per heavy atom. The second kappa shape index (κ2) is 9.76. The summed E-state index contributed by atoms with van der Waals surface area (Å²) in [6.45, 7) is 9.19. The second-order valence-corrected chi connectivity index (χ2v) is 5.58. The molecule has 1 fully saturated rings. The van der Waals surface area contributed by atoms with Crippen molar-refractivity contribution in [1.82, 2.24) is 10.2 Å². The first kappa shape index (κ1) is 15.9. The summed E-state index contributed by atoms with van der Waals surface area (Å²) in [7, 11) is 1.81.